The molecule has 0 unspecified atom stereocenters. The number of phenols is 1. The zero-order chi connectivity index (χ0) is 16.2. The molecule has 3 aromatic rings. The van der Waals surface area contributed by atoms with Crippen molar-refractivity contribution < 1.29 is 14.6 Å². The number of ether oxygens (including phenoxy) is 1. The highest BCUT2D eigenvalue weighted by molar-refractivity contribution is 7.22. The molecule has 2 N–H and O–H groups in total. The highest BCUT2D eigenvalue weighted by Crippen LogP contribution is 2.28. The number of aromatic hydroxyl groups is 1. The zero-order valence-corrected chi connectivity index (χ0v) is 13.4. The lowest BCUT2D eigenvalue weighted by Crippen LogP contribution is -2.04. The quantitative estimate of drug-likeness (QED) is 0.703. The second-order valence-corrected chi connectivity index (χ2v) is 6.12. The Labute approximate surface area is 137 Å². The lowest BCUT2D eigenvalue weighted by atomic mass is 10.1. The predicted octanol–water partition coefficient (Wildman–Crippen LogP) is 3.33. The Bertz CT molecular complexity index is 827. The van der Waals surface area contributed by atoms with Crippen LogP contribution in [0.25, 0.3) is 10.2 Å². The van der Waals surface area contributed by atoms with Crippen LogP contribution in [0.1, 0.15) is 11.1 Å². The second-order valence-electron chi connectivity index (χ2n) is 5.09. The van der Waals surface area contributed by atoms with Gasteiger partial charge in [0.1, 0.15) is 5.75 Å². The maximum absolute atomic E-state index is 11.2. The molecule has 0 bridgehead atoms. The van der Waals surface area contributed by atoms with E-state index < -0.39 is 0 Å². The van der Waals surface area contributed by atoms with E-state index in [4.69, 9.17) is 0 Å². The molecule has 6 heteroatoms. The van der Waals surface area contributed by atoms with E-state index >= 15 is 0 Å². The fraction of sp³-hybridized carbons (Fsp3) is 0.176. The van der Waals surface area contributed by atoms with Gasteiger partial charge in [-0.15, -0.1) is 0 Å². The van der Waals surface area contributed by atoms with Crippen molar-refractivity contribution >= 4 is 32.7 Å². The second kappa shape index (κ2) is 6.66. The number of carbonyl (C=O) groups is 1. The van der Waals surface area contributed by atoms with Crippen LogP contribution in [0, 0.1) is 0 Å². The van der Waals surface area contributed by atoms with Crippen molar-refractivity contribution in [3.05, 3.63) is 53.6 Å². The molecular weight excluding hydrogens is 312 g/mol. The van der Waals surface area contributed by atoms with Crippen LogP contribution < -0.4 is 5.32 Å². The molecule has 0 atom stereocenters. The Kier molecular flexibility index (Phi) is 4.43. The molecule has 0 saturated heterocycles. The summed E-state index contributed by atoms with van der Waals surface area (Å²) in [5.41, 5.74) is 2.89. The Balaban J connectivity index is 1.63. The number of rotatable bonds is 5. The molecule has 2 aromatic carbocycles. The Morgan fingerprint density at radius 2 is 1.96 bits per heavy atom. The summed E-state index contributed by atoms with van der Waals surface area (Å²) in [5, 5.41) is 13.6. The molecule has 0 fully saturated rings. The van der Waals surface area contributed by atoms with Gasteiger partial charge in [-0.25, -0.2) is 4.98 Å². The summed E-state index contributed by atoms with van der Waals surface area (Å²) in [4.78, 5) is 15.7. The lowest BCUT2D eigenvalue weighted by molar-refractivity contribution is -0.139. The number of nitrogens with one attached hydrogen (secondary N) is 1. The van der Waals surface area contributed by atoms with Crippen molar-refractivity contribution in [1.82, 2.24) is 4.98 Å². The van der Waals surface area contributed by atoms with Gasteiger partial charge in [-0.05, 0) is 29.3 Å². The van der Waals surface area contributed by atoms with Crippen LogP contribution in [0.3, 0.4) is 0 Å². The van der Waals surface area contributed by atoms with E-state index in [2.05, 4.69) is 15.0 Å². The van der Waals surface area contributed by atoms with E-state index in [0.29, 0.717) is 6.54 Å². The molecule has 118 valence electrons. The van der Waals surface area contributed by atoms with Crippen LogP contribution in [0.15, 0.2) is 42.5 Å². The number of hydrogen-bond donors (Lipinski definition) is 2. The van der Waals surface area contributed by atoms with Crippen molar-refractivity contribution in [2.24, 2.45) is 0 Å². The molecular formula is C17H16N2O3S. The van der Waals surface area contributed by atoms with Crippen LogP contribution in [-0.2, 0) is 22.5 Å². The Hall–Kier alpha value is -2.60. The smallest absolute Gasteiger partial charge is 0.309 e. The molecule has 0 aliphatic rings. The topological polar surface area (TPSA) is 71.5 Å². The molecule has 0 aliphatic carbocycles. The molecule has 0 aliphatic heterocycles. The van der Waals surface area contributed by atoms with Crippen molar-refractivity contribution in [2.45, 2.75) is 13.0 Å². The first kappa shape index (κ1) is 15.3. The van der Waals surface area contributed by atoms with Crippen molar-refractivity contribution in [1.29, 1.82) is 0 Å². The summed E-state index contributed by atoms with van der Waals surface area (Å²) in [6.07, 6.45) is 0.283. The lowest BCUT2D eigenvalue weighted by Gasteiger charge is -2.04. The van der Waals surface area contributed by atoms with E-state index in [1.165, 1.54) is 18.4 Å². The van der Waals surface area contributed by atoms with E-state index in [1.807, 2.05) is 24.3 Å². The minimum Gasteiger partial charge on any atom is -0.508 e. The minimum atomic E-state index is -0.242. The number of thiazole rings is 1. The molecule has 0 spiro atoms. The summed E-state index contributed by atoms with van der Waals surface area (Å²) < 4.78 is 5.60. The fourth-order valence-corrected chi connectivity index (χ4v) is 3.07. The summed E-state index contributed by atoms with van der Waals surface area (Å²) >= 11 is 1.50. The SMILES string of the molecule is COC(=O)Cc1ccc(CNc2nc3ccc(O)cc3s2)cc1. The van der Waals surface area contributed by atoms with Crippen LogP contribution in [0.2, 0.25) is 0 Å². The van der Waals surface area contributed by atoms with Gasteiger partial charge in [-0.1, -0.05) is 35.6 Å². The van der Waals surface area contributed by atoms with Crippen molar-refractivity contribution in [2.75, 3.05) is 12.4 Å². The predicted molar refractivity (Wildman–Crippen MR) is 90.8 cm³/mol. The normalized spacial score (nSPS) is 10.7. The molecule has 1 heterocycles. The number of methoxy groups -OCH3 is 1. The van der Waals surface area contributed by atoms with E-state index in [9.17, 15) is 9.90 Å². The van der Waals surface area contributed by atoms with Gasteiger partial charge in [0.2, 0.25) is 0 Å². The number of hydrogen-bond acceptors (Lipinski definition) is 6. The third-order valence-electron chi connectivity index (χ3n) is 3.41. The Morgan fingerprint density at radius 3 is 2.70 bits per heavy atom. The van der Waals surface area contributed by atoms with Gasteiger partial charge < -0.3 is 15.2 Å². The first-order valence-electron chi connectivity index (χ1n) is 7.12. The van der Waals surface area contributed by atoms with Crippen molar-refractivity contribution in [3.8, 4) is 5.75 Å². The molecule has 0 amide bonds. The third-order valence-corrected chi connectivity index (χ3v) is 4.39. The molecule has 23 heavy (non-hydrogen) atoms. The first-order valence-corrected chi connectivity index (χ1v) is 7.94. The van der Waals surface area contributed by atoms with Gasteiger partial charge in [-0.2, -0.15) is 0 Å². The van der Waals surface area contributed by atoms with E-state index in [-0.39, 0.29) is 18.1 Å². The Morgan fingerprint density at radius 1 is 1.22 bits per heavy atom. The van der Waals surface area contributed by atoms with E-state index in [0.717, 1.165) is 26.5 Å². The number of nitrogens with zero attached hydrogens (tertiary/aromatic N) is 1. The molecule has 5 nitrogen and oxygen atoms in total. The molecule has 0 radical (unpaired) electrons. The minimum absolute atomic E-state index is 0.242. The highest BCUT2D eigenvalue weighted by Gasteiger charge is 2.05. The zero-order valence-electron chi connectivity index (χ0n) is 12.6. The van der Waals surface area contributed by atoms with Crippen LogP contribution >= 0.6 is 11.3 Å². The number of anilines is 1. The molecule has 3 rings (SSSR count). The summed E-state index contributed by atoms with van der Waals surface area (Å²) in [6.45, 7) is 0.643. The number of carbonyl (C=O) groups excluding carboxylic acids is 1. The van der Waals surface area contributed by atoms with Gasteiger partial charge in [0, 0.05) is 6.54 Å². The first-order chi connectivity index (χ1) is 11.1. The fourth-order valence-electron chi connectivity index (χ4n) is 2.18. The van der Waals surface area contributed by atoms with Crippen molar-refractivity contribution in [3.63, 3.8) is 0 Å². The van der Waals surface area contributed by atoms with Gasteiger partial charge >= 0.3 is 5.97 Å². The average molecular weight is 328 g/mol. The molecule has 1 aromatic heterocycles. The standard InChI is InChI=1S/C17H16N2O3S/c1-22-16(21)8-11-2-4-12(5-3-11)10-18-17-19-14-7-6-13(20)9-15(14)23-17/h2-7,9,20H,8,10H2,1H3,(H,18,19). The van der Waals surface area contributed by atoms with Crippen LogP contribution in [-0.4, -0.2) is 23.2 Å². The number of fused-ring (bicyclic) bond motifs is 1. The monoisotopic (exact) mass is 328 g/mol. The average Bonchev–Trinajstić information content (AvgIpc) is 2.96. The van der Waals surface area contributed by atoms with Gasteiger partial charge in [0.15, 0.2) is 5.13 Å². The van der Waals surface area contributed by atoms with Gasteiger partial charge in [-0.3, -0.25) is 4.79 Å². The highest BCUT2D eigenvalue weighted by atomic mass is 32.1. The van der Waals surface area contributed by atoms with Crippen LogP contribution in [0.5, 0.6) is 5.75 Å². The largest absolute Gasteiger partial charge is 0.508 e. The van der Waals surface area contributed by atoms with E-state index in [1.54, 1.807) is 18.2 Å². The molecule has 0 saturated carbocycles. The summed E-state index contributed by atoms with van der Waals surface area (Å²) in [7, 11) is 1.39. The number of aromatic nitrogens is 1. The van der Waals surface area contributed by atoms with Crippen LogP contribution in [0.4, 0.5) is 5.13 Å². The number of esters is 1. The maximum atomic E-state index is 11.2. The van der Waals surface area contributed by atoms with Gasteiger partial charge in [0.05, 0.1) is 23.7 Å². The maximum Gasteiger partial charge on any atom is 0.309 e. The van der Waals surface area contributed by atoms with Gasteiger partial charge in [0.25, 0.3) is 0 Å². The third kappa shape index (κ3) is 3.78. The number of phenolic OH excluding ortho intramolecular Hbond substituents is 1. The summed E-state index contributed by atoms with van der Waals surface area (Å²) in [6, 6.07) is 12.9. The number of benzene rings is 2. The summed E-state index contributed by atoms with van der Waals surface area (Å²) in [5.74, 6) is 0.00231.